The number of hydrogen-bond donors (Lipinski definition) is 0. The van der Waals surface area contributed by atoms with Crippen molar-refractivity contribution in [1.82, 2.24) is 0 Å². The molecule has 0 bridgehead atoms. The van der Waals surface area contributed by atoms with Gasteiger partial charge in [-0.15, -0.1) is 34.0 Å². The molecule has 51 heavy (non-hydrogen) atoms. The second-order valence-electron chi connectivity index (χ2n) is 15.0. The summed E-state index contributed by atoms with van der Waals surface area (Å²) in [5.41, 5.74) is 0. The zero-order valence-corrected chi connectivity index (χ0v) is 29.1. The summed E-state index contributed by atoms with van der Waals surface area (Å²) in [6.45, 7) is 0. The molecule has 228 valence electrons. The van der Waals surface area contributed by atoms with E-state index in [2.05, 4.69) is 107 Å². The summed E-state index contributed by atoms with van der Waals surface area (Å²) in [4.78, 5) is 0. The van der Waals surface area contributed by atoms with E-state index in [1.54, 1.807) is 0 Å². The first-order chi connectivity index (χ1) is 25.3. The smallest absolute Gasteiger partial charge is 0.0434 e. The lowest BCUT2D eigenvalue weighted by Crippen LogP contribution is -1.98. The zero-order chi connectivity index (χ0) is 32.2. The normalized spacial score (nSPS) is 13.9. The maximum absolute atomic E-state index is 2.52. The van der Waals surface area contributed by atoms with Gasteiger partial charge < -0.3 is 0 Å². The van der Waals surface area contributed by atoms with Crippen LogP contribution in [-0.2, 0) is 0 Å². The van der Waals surface area contributed by atoms with Gasteiger partial charge in [0.05, 0.1) is 0 Å². The number of fused-ring (bicyclic) bond motifs is 12. The number of hydrogen-bond acceptors (Lipinski definition) is 3. The summed E-state index contributed by atoms with van der Waals surface area (Å²) in [6, 6.07) is 35.0. The van der Waals surface area contributed by atoms with Crippen LogP contribution in [0.2, 0.25) is 0 Å². The van der Waals surface area contributed by atoms with E-state index in [4.69, 9.17) is 0 Å². The van der Waals surface area contributed by atoms with Crippen molar-refractivity contribution in [2.45, 2.75) is 0 Å². The number of rotatable bonds is 0. The third kappa shape index (κ3) is 2.30. The average molecular weight is 691 g/mol. The molecule has 0 aliphatic carbocycles. The average Bonchev–Trinajstić information content (AvgIpc) is 3.94. The van der Waals surface area contributed by atoms with Crippen LogP contribution in [0, 0.1) is 0 Å². The Hall–Kier alpha value is -5.58. The van der Waals surface area contributed by atoms with Gasteiger partial charge in [-0.25, -0.2) is 0 Å². The molecule has 0 amide bonds. The topological polar surface area (TPSA) is 0 Å². The molecule has 13 aromatic carbocycles. The maximum Gasteiger partial charge on any atom is 0.0434 e. The van der Waals surface area contributed by atoms with Gasteiger partial charge >= 0.3 is 0 Å². The molecule has 0 radical (unpaired) electrons. The van der Waals surface area contributed by atoms with Crippen LogP contribution >= 0.6 is 34.0 Å². The minimum atomic E-state index is 1.33. The van der Waals surface area contributed by atoms with Gasteiger partial charge in [0, 0.05) is 111 Å². The lowest BCUT2D eigenvalue weighted by molar-refractivity contribution is 1.82. The van der Waals surface area contributed by atoms with Crippen molar-refractivity contribution in [1.29, 1.82) is 0 Å². The molecule has 0 aliphatic rings. The van der Waals surface area contributed by atoms with E-state index in [0.717, 1.165) is 0 Å². The first-order valence-electron chi connectivity index (χ1n) is 17.6. The highest BCUT2D eigenvalue weighted by atomic mass is 32.1. The highest BCUT2D eigenvalue weighted by Crippen LogP contribution is 2.63. The first kappa shape index (κ1) is 24.5. The van der Waals surface area contributed by atoms with Crippen LogP contribution in [-0.4, -0.2) is 0 Å². The van der Waals surface area contributed by atoms with Gasteiger partial charge in [0.2, 0.25) is 0 Å². The van der Waals surface area contributed by atoms with Crippen molar-refractivity contribution < 1.29 is 0 Å². The molecule has 3 heterocycles. The van der Waals surface area contributed by atoms with Gasteiger partial charge in [-0.3, -0.25) is 0 Å². The molecule has 16 aromatic rings. The SMILES string of the molecule is c1ccc2c(c1)cc1c3scc4c5c6ccccc6cc6c7scc8c9c%10ccccc%10cc%10c%11scc%12c2c1c1c(c43)c(c65)c(c87)c(c%109)c1c%12%11. The maximum atomic E-state index is 2.52. The van der Waals surface area contributed by atoms with Crippen LogP contribution in [0.1, 0.15) is 0 Å². The van der Waals surface area contributed by atoms with Gasteiger partial charge in [0.25, 0.3) is 0 Å². The minimum Gasteiger partial charge on any atom is -0.142 e. The van der Waals surface area contributed by atoms with Gasteiger partial charge in [0.15, 0.2) is 0 Å². The monoisotopic (exact) mass is 690 g/mol. The van der Waals surface area contributed by atoms with Gasteiger partial charge in [-0.05, 0) is 82.8 Å². The van der Waals surface area contributed by atoms with E-state index in [-0.39, 0.29) is 0 Å². The van der Waals surface area contributed by atoms with Gasteiger partial charge in [-0.2, -0.15) is 0 Å². The molecule has 3 heteroatoms. The van der Waals surface area contributed by atoms with E-state index in [9.17, 15) is 0 Å². The summed E-state index contributed by atoms with van der Waals surface area (Å²) in [5, 5.41) is 46.3. The molecule has 3 aromatic heterocycles. The van der Waals surface area contributed by atoms with Gasteiger partial charge in [0.1, 0.15) is 0 Å². The highest BCUT2D eigenvalue weighted by molar-refractivity contribution is 7.21. The zero-order valence-electron chi connectivity index (χ0n) is 26.6. The molecule has 0 saturated carbocycles. The van der Waals surface area contributed by atoms with Crippen molar-refractivity contribution >= 4 is 194 Å². The quantitative estimate of drug-likeness (QED) is 0.110. The van der Waals surface area contributed by atoms with Crippen LogP contribution in [0.15, 0.2) is 107 Å². The summed E-state index contributed by atoms with van der Waals surface area (Å²) < 4.78 is 4.32. The molecule has 0 spiro atoms. The summed E-state index contributed by atoms with van der Waals surface area (Å²) >= 11 is 5.89. The molecule has 0 fully saturated rings. The Bertz CT molecular complexity index is 3740. The minimum absolute atomic E-state index is 1.33. The fourth-order valence-electron chi connectivity index (χ4n) is 11.4. The summed E-state index contributed by atoms with van der Waals surface area (Å²) in [6.07, 6.45) is 0. The fraction of sp³-hybridized carbons (Fsp3) is 0. The van der Waals surface area contributed by atoms with E-state index in [1.807, 2.05) is 34.0 Å². The lowest BCUT2D eigenvalue weighted by atomic mass is 9.75. The van der Waals surface area contributed by atoms with Crippen LogP contribution in [0.5, 0.6) is 0 Å². The molecule has 0 nitrogen and oxygen atoms in total. The van der Waals surface area contributed by atoms with Gasteiger partial charge in [-0.1, -0.05) is 72.8 Å². The molecular formula is C48H18S3. The van der Waals surface area contributed by atoms with E-state index < -0.39 is 0 Å². The second kappa shape index (κ2) is 7.54. The molecule has 16 rings (SSSR count). The molecule has 0 aliphatic heterocycles. The highest BCUT2D eigenvalue weighted by Gasteiger charge is 2.33. The van der Waals surface area contributed by atoms with E-state index >= 15 is 0 Å². The summed E-state index contributed by atoms with van der Waals surface area (Å²) in [7, 11) is 0. The van der Waals surface area contributed by atoms with Crippen LogP contribution in [0.4, 0.5) is 0 Å². The standard InChI is InChI=1S/C48H18S3/c1-4-10-22-19(7-1)13-25-34-31(22)28-16-50-47-26-14-20-8-3-6-12-24(20)33-30-18-51-48-27-15-21-9-2-5-11-23(21)32-29-17-49-46(25)38(29)44-40(34)43(37(28)47)41(35(26)33)45(39(30)48)42(44)36(27)32/h1-18H. The first-order valence-corrected chi connectivity index (χ1v) is 20.3. The number of thiophene rings is 3. The predicted molar refractivity (Wildman–Crippen MR) is 230 cm³/mol. The van der Waals surface area contributed by atoms with Crippen molar-refractivity contribution in [3.05, 3.63) is 107 Å². The third-order valence-electron chi connectivity index (χ3n) is 13.1. The van der Waals surface area contributed by atoms with E-state index in [1.165, 1.54) is 160 Å². The van der Waals surface area contributed by atoms with Crippen LogP contribution in [0.3, 0.4) is 0 Å². The Morgan fingerprint density at radius 3 is 0.863 bits per heavy atom. The Balaban J connectivity index is 1.44. The number of benzene rings is 13. The van der Waals surface area contributed by atoms with Crippen LogP contribution in [0.25, 0.3) is 160 Å². The molecule has 0 N–H and O–H groups in total. The van der Waals surface area contributed by atoms with Crippen molar-refractivity contribution in [2.24, 2.45) is 0 Å². The molecule has 0 atom stereocenters. The second-order valence-corrected chi connectivity index (χ2v) is 17.6. The van der Waals surface area contributed by atoms with Crippen LogP contribution < -0.4 is 0 Å². The fourth-order valence-corrected chi connectivity index (χ4v) is 14.7. The Kier molecular flexibility index (Phi) is 3.63. The largest absolute Gasteiger partial charge is 0.142 e. The Morgan fingerprint density at radius 2 is 0.529 bits per heavy atom. The van der Waals surface area contributed by atoms with Crippen molar-refractivity contribution in [3.63, 3.8) is 0 Å². The third-order valence-corrected chi connectivity index (χ3v) is 16.1. The Labute approximate surface area is 298 Å². The lowest BCUT2D eigenvalue weighted by Gasteiger charge is -2.27. The molecular weight excluding hydrogens is 673 g/mol. The molecule has 0 unspecified atom stereocenters. The summed E-state index contributed by atoms with van der Waals surface area (Å²) in [5.74, 6) is 0. The Morgan fingerprint density at radius 1 is 0.235 bits per heavy atom. The van der Waals surface area contributed by atoms with Crippen molar-refractivity contribution in [3.8, 4) is 0 Å². The predicted octanol–water partition coefficient (Wildman–Crippen LogP) is 15.8. The van der Waals surface area contributed by atoms with Crippen molar-refractivity contribution in [2.75, 3.05) is 0 Å². The van der Waals surface area contributed by atoms with E-state index in [0.29, 0.717) is 0 Å². The molecule has 0 saturated heterocycles.